The molecular weight excluding hydrogens is 384 g/mol. The molecule has 0 saturated carbocycles. The van der Waals surface area contributed by atoms with Gasteiger partial charge in [0.1, 0.15) is 5.82 Å². The monoisotopic (exact) mass is 412 g/mol. The fourth-order valence-corrected chi connectivity index (χ4v) is 5.00. The minimum Gasteiger partial charge on any atom is -0.381 e. The van der Waals surface area contributed by atoms with E-state index in [-0.39, 0.29) is 11.8 Å². The van der Waals surface area contributed by atoms with Crippen molar-refractivity contribution in [1.82, 2.24) is 9.97 Å². The van der Waals surface area contributed by atoms with Crippen LogP contribution < -0.4 is 10.2 Å². The lowest BCUT2D eigenvalue weighted by Gasteiger charge is -2.31. The topological polar surface area (TPSA) is 67.3 Å². The normalized spacial score (nSPS) is 18.6. The standard InChI is InChI=1S/C22H28N4O2S/c27-22(18-4-10-26(11-5-18)21-15-23-8-9-24-21)25-19-3-1-2-17(14-19)16-29-20-6-12-28-13-7-20/h1-3,8-9,14-15,18,20H,4-7,10-13,16H2,(H,25,27). The SMILES string of the molecule is O=C(Nc1cccc(CSC2CCOCC2)c1)C1CCN(c2cnccn2)CC1. The van der Waals surface area contributed by atoms with E-state index < -0.39 is 0 Å². The number of benzene rings is 1. The lowest BCUT2D eigenvalue weighted by atomic mass is 9.96. The fourth-order valence-electron chi connectivity index (χ4n) is 3.87. The molecule has 2 aliphatic heterocycles. The number of carbonyl (C=O) groups is 1. The van der Waals surface area contributed by atoms with Crippen molar-refractivity contribution in [1.29, 1.82) is 0 Å². The third-order valence-corrected chi connectivity index (χ3v) is 7.03. The van der Waals surface area contributed by atoms with E-state index in [0.717, 1.165) is 69.2 Å². The number of amides is 1. The molecule has 0 unspecified atom stereocenters. The Morgan fingerprint density at radius 3 is 2.76 bits per heavy atom. The Balaban J connectivity index is 1.26. The van der Waals surface area contributed by atoms with Gasteiger partial charge in [-0.25, -0.2) is 4.98 Å². The van der Waals surface area contributed by atoms with E-state index in [0.29, 0.717) is 5.25 Å². The number of nitrogens with zero attached hydrogens (tertiary/aromatic N) is 3. The van der Waals surface area contributed by atoms with Gasteiger partial charge in [-0.1, -0.05) is 12.1 Å². The third-order valence-electron chi connectivity index (χ3n) is 5.59. The number of thioether (sulfide) groups is 1. The molecule has 1 N–H and O–H groups in total. The van der Waals surface area contributed by atoms with Gasteiger partial charge in [-0.2, -0.15) is 11.8 Å². The molecule has 2 aromatic rings. The van der Waals surface area contributed by atoms with Crippen molar-refractivity contribution in [2.75, 3.05) is 36.5 Å². The molecular formula is C22H28N4O2S. The van der Waals surface area contributed by atoms with E-state index in [1.807, 2.05) is 23.9 Å². The lowest BCUT2D eigenvalue weighted by Crippen LogP contribution is -2.38. The Bertz CT molecular complexity index is 790. The van der Waals surface area contributed by atoms with Crippen LogP contribution >= 0.6 is 11.8 Å². The van der Waals surface area contributed by atoms with Gasteiger partial charge in [-0.15, -0.1) is 0 Å². The summed E-state index contributed by atoms with van der Waals surface area (Å²) in [6, 6.07) is 8.27. The molecule has 0 spiro atoms. The van der Waals surface area contributed by atoms with Crippen LogP contribution in [0.25, 0.3) is 0 Å². The van der Waals surface area contributed by atoms with Crippen molar-refractivity contribution in [2.24, 2.45) is 5.92 Å². The molecule has 0 radical (unpaired) electrons. The Kier molecular flexibility index (Phi) is 7.00. The highest BCUT2D eigenvalue weighted by molar-refractivity contribution is 7.99. The first-order valence-corrected chi connectivity index (χ1v) is 11.4. The van der Waals surface area contributed by atoms with Crippen molar-refractivity contribution >= 4 is 29.2 Å². The number of anilines is 2. The van der Waals surface area contributed by atoms with Crippen LogP contribution in [0.2, 0.25) is 0 Å². The minimum atomic E-state index is 0.0446. The maximum atomic E-state index is 12.8. The molecule has 2 fully saturated rings. The first-order valence-electron chi connectivity index (χ1n) is 10.4. The van der Waals surface area contributed by atoms with Crippen molar-refractivity contribution in [3.63, 3.8) is 0 Å². The molecule has 154 valence electrons. The van der Waals surface area contributed by atoms with Crippen LogP contribution in [0.5, 0.6) is 0 Å². The molecule has 4 rings (SSSR count). The van der Waals surface area contributed by atoms with Crippen LogP contribution in [0, 0.1) is 5.92 Å². The minimum absolute atomic E-state index is 0.0446. The van der Waals surface area contributed by atoms with E-state index in [4.69, 9.17) is 4.74 Å². The van der Waals surface area contributed by atoms with Crippen LogP contribution in [-0.4, -0.2) is 47.4 Å². The number of rotatable bonds is 6. The number of nitrogens with one attached hydrogen (secondary N) is 1. The van der Waals surface area contributed by atoms with Crippen LogP contribution in [0.1, 0.15) is 31.2 Å². The summed E-state index contributed by atoms with van der Waals surface area (Å²) >= 11 is 2.00. The molecule has 2 aliphatic rings. The second-order valence-electron chi connectivity index (χ2n) is 7.64. The number of hydrogen-bond donors (Lipinski definition) is 1. The molecule has 2 saturated heterocycles. The average molecular weight is 413 g/mol. The number of hydrogen-bond acceptors (Lipinski definition) is 6. The van der Waals surface area contributed by atoms with Gasteiger partial charge < -0.3 is 15.0 Å². The quantitative estimate of drug-likeness (QED) is 0.780. The number of carbonyl (C=O) groups excluding carboxylic acids is 1. The zero-order valence-corrected chi connectivity index (χ0v) is 17.4. The van der Waals surface area contributed by atoms with Crippen LogP contribution in [-0.2, 0) is 15.3 Å². The second-order valence-corrected chi connectivity index (χ2v) is 8.93. The van der Waals surface area contributed by atoms with Gasteiger partial charge in [0.25, 0.3) is 0 Å². The van der Waals surface area contributed by atoms with E-state index in [2.05, 4.69) is 32.3 Å². The van der Waals surface area contributed by atoms with E-state index in [9.17, 15) is 4.79 Å². The second kappa shape index (κ2) is 10.1. The van der Waals surface area contributed by atoms with E-state index in [1.54, 1.807) is 18.6 Å². The van der Waals surface area contributed by atoms with Crippen molar-refractivity contribution in [3.05, 3.63) is 48.4 Å². The van der Waals surface area contributed by atoms with Crippen molar-refractivity contribution < 1.29 is 9.53 Å². The van der Waals surface area contributed by atoms with E-state index in [1.165, 1.54) is 5.56 Å². The highest BCUT2D eigenvalue weighted by Crippen LogP contribution is 2.27. The summed E-state index contributed by atoms with van der Waals surface area (Å²) in [5, 5.41) is 3.81. The van der Waals surface area contributed by atoms with Crippen LogP contribution in [0.4, 0.5) is 11.5 Å². The van der Waals surface area contributed by atoms with Gasteiger partial charge in [0.15, 0.2) is 0 Å². The predicted octanol–water partition coefficient (Wildman–Crippen LogP) is 3.74. The molecule has 3 heterocycles. The molecule has 0 aliphatic carbocycles. The predicted molar refractivity (Wildman–Crippen MR) is 117 cm³/mol. The average Bonchev–Trinajstić information content (AvgIpc) is 2.79. The highest BCUT2D eigenvalue weighted by Gasteiger charge is 2.25. The van der Waals surface area contributed by atoms with Crippen molar-refractivity contribution in [2.45, 2.75) is 36.7 Å². The van der Waals surface area contributed by atoms with Gasteiger partial charge in [0, 0.05) is 61.3 Å². The van der Waals surface area contributed by atoms with Gasteiger partial charge in [-0.05, 0) is 43.4 Å². The molecule has 6 nitrogen and oxygen atoms in total. The van der Waals surface area contributed by atoms with Gasteiger partial charge >= 0.3 is 0 Å². The third kappa shape index (κ3) is 5.70. The molecule has 1 aromatic carbocycles. The fraction of sp³-hybridized carbons (Fsp3) is 0.500. The van der Waals surface area contributed by atoms with Crippen LogP contribution in [0.15, 0.2) is 42.9 Å². The maximum Gasteiger partial charge on any atom is 0.227 e. The summed E-state index contributed by atoms with van der Waals surface area (Å²) in [5.74, 6) is 2.03. The Morgan fingerprint density at radius 2 is 2.00 bits per heavy atom. The van der Waals surface area contributed by atoms with Gasteiger partial charge in [0.05, 0.1) is 6.20 Å². The van der Waals surface area contributed by atoms with Gasteiger partial charge in [0.2, 0.25) is 5.91 Å². The molecule has 7 heteroatoms. The Morgan fingerprint density at radius 1 is 1.17 bits per heavy atom. The first kappa shape index (κ1) is 20.2. The van der Waals surface area contributed by atoms with Gasteiger partial charge in [-0.3, -0.25) is 9.78 Å². The lowest BCUT2D eigenvalue weighted by molar-refractivity contribution is -0.120. The Hall–Kier alpha value is -2.12. The van der Waals surface area contributed by atoms with Crippen LogP contribution in [0.3, 0.4) is 0 Å². The molecule has 0 bridgehead atoms. The Labute approximate surface area is 176 Å². The molecule has 1 amide bonds. The summed E-state index contributed by atoms with van der Waals surface area (Å²) < 4.78 is 5.43. The largest absolute Gasteiger partial charge is 0.381 e. The smallest absolute Gasteiger partial charge is 0.227 e. The highest BCUT2D eigenvalue weighted by atomic mass is 32.2. The number of aromatic nitrogens is 2. The number of ether oxygens (including phenoxy) is 1. The first-order chi connectivity index (χ1) is 14.3. The number of piperidine rings is 1. The molecule has 1 aromatic heterocycles. The zero-order valence-electron chi connectivity index (χ0n) is 16.6. The summed E-state index contributed by atoms with van der Waals surface area (Å²) in [7, 11) is 0. The molecule has 0 atom stereocenters. The zero-order chi connectivity index (χ0) is 19.9. The summed E-state index contributed by atoms with van der Waals surface area (Å²) in [5.41, 5.74) is 2.16. The molecule has 29 heavy (non-hydrogen) atoms. The van der Waals surface area contributed by atoms with E-state index >= 15 is 0 Å². The summed E-state index contributed by atoms with van der Waals surface area (Å²) in [4.78, 5) is 23.4. The maximum absolute atomic E-state index is 12.8. The summed E-state index contributed by atoms with van der Waals surface area (Å²) in [6.07, 6.45) is 9.11. The summed E-state index contributed by atoms with van der Waals surface area (Å²) in [6.45, 7) is 3.42. The van der Waals surface area contributed by atoms with Crippen molar-refractivity contribution in [3.8, 4) is 0 Å².